The van der Waals surface area contributed by atoms with Crippen LogP contribution in [0.2, 0.25) is 0 Å². The van der Waals surface area contributed by atoms with E-state index in [0.29, 0.717) is 5.92 Å². The fourth-order valence-corrected chi connectivity index (χ4v) is 2.63. The number of rotatable bonds is 6. The highest BCUT2D eigenvalue weighted by molar-refractivity contribution is 5.75. The molecule has 0 aromatic rings. The Balaban J connectivity index is 2.43. The van der Waals surface area contributed by atoms with E-state index in [2.05, 4.69) is 17.3 Å². The second-order valence-corrected chi connectivity index (χ2v) is 6.53. The maximum atomic E-state index is 12.2. The Bertz CT molecular complexity index is 352. The van der Waals surface area contributed by atoms with Crippen molar-refractivity contribution in [1.82, 2.24) is 15.1 Å². The highest BCUT2D eigenvalue weighted by Gasteiger charge is 2.24. The predicted octanol–water partition coefficient (Wildman–Crippen LogP) is 1.47. The second kappa shape index (κ2) is 8.22. The standard InChI is InChI=1S/C15H29N3O3/c1-11(2)13(9-14(19)20)16-15(21)18(4)10-12-5-7-17(3)8-6-12/h11-13H,5-10H2,1-4H3,(H,16,21)(H,19,20). The highest BCUT2D eigenvalue weighted by Crippen LogP contribution is 2.17. The molecule has 2 N–H and O–H groups in total. The van der Waals surface area contributed by atoms with Gasteiger partial charge in [-0.1, -0.05) is 13.8 Å². The highest BCUT2D eigenvalue weighted by atomic mass is 16.4. The average Bonchev–Trinajstić information content (AvgIpc) is 2.39. The van der Waals surface area contributed by atoms with E-state index in [-0.39, 0.29) is 24.4 Å². The van der Waals surface area contributed by atoms with Crippen molar-refractivity contribution in [3.05, 3.63) is 0 Å². The van der Waals surface area contributed by atoms with E-state index in [0.717, 1.165) is 32.5 Å². The van der Waals surface area contributed by atoms with Crippen LogP contribution in [0, 0.1) is 11.8 Å². The maximum Gasteiger partial charge on any atom is 0.317 e. The Morgan fingerprint density at radius 3 is 2.38 bits per heavy atom. The number of likely N-dealkylation sites (tertiary alicyclic amines) is 1. The molecule has 1 rings (SSSR count). The normalized spacial score (nSPS) is 18.5. The van der Waals surface area contributed by atoms with Crippen molar-refractivity contribution < 1.29 is 14.7 Å². The molecule has 1 aliphatic heterocycles. The molecule has 122 valence electrons. The zero-order chi connectivity index (χ0) is 16.0. The lowest BCUT2D eigenvalue weighted by atomic mass is 9.97. The van der Waals surface area contributed by atoms with Crippen molar-refractivity contribution in [1.29, 1.82) is 0 Å². The first-order chi connectivity index (χ1) is 9.79. The molecule has 2 amide bonds. The molecule has 0 spiro atoms. The van der Waals surface area contributed by atoms with Gasteiger partial charge in [-0.15, -0.1) is 0 Å². The zero-order valence-electron chi connectivity index (χ0n) is 13.6. The molecule has 1 heterocycles. The van der Waals surface area contributed by atoms with Crippen LogP contribution < -0.4 is 5.32 Å². The number of carboxylic acid groups (broad SMARTS) is 1. The van der Waals surface area contributed by atoms with E-state index in [9.17, 15) is 9.59 Å². The van der Waals surface area contributed by atoms with Gasteiger partial charge in [0.25, 0.3) is 0 Å². The zero-order valence-corrected chi connectivity index (χ0v) is 13.6. The first-order valence-corrected chi connectivity index (χ1v) is 7.71. The Hall–Kier alpha value is -1.30. The summed E-state index contributed by atoms with van der Waals surface area (Å²) in [4.78, 5) is 27.0. The molecule has 0 aromatic carbocycles. The van der Waals surface area contributed by atoms with E-state index in [1.54, 1.807) is 11.9 Å². The SMILES string of the molecule is CC(C)C(CC(=O)O)NC(=O)N(C)CC1CCN(C)CC1. The van der Waals surface area contributed by atoms with Crippen LogP contribution in [-0.4, -0.2) is 66.7 Å². The Morgan fingerprint density at radius 1 is 1.33 bits per heavy atom. The monoisotopic (exact) mass is 299 g/mol. The minimum Gasteiger partial charge on any atom is -0.481 e. The molecule has 0 radical (unpaired) electrons. The third-order valence-corrected chi connectivity index (χ3v) is 4.23. The molecule has 1 saturated heterocycles. The number of urea groups is 1. The van der Waals surface area contributed by atoms with E-state index in [1.165, 1.54) is 0 Å². The van der Waals surface area contributed by atoms with Gasteiger partial charge in [-0.05, 0) is 44.8 Å². The molecule has 0 bridgehead atoms. The number of nitrogens with one attached hydrogen (secondary N) is 1. The molecule has 6 nitrogen and oxygen atoms in total. The fraction of sp³-hybridized carbons (Fsp3) is 0.867. The van der Waals surface area contributed by atoms with Gasteiger partial charge in [-0.25, -0.2) is 4.79 Å². The lowest BCUT2D eigenvalue weighted by Gasteiger charge is -2.32. The van der Waals surface area contributed by atoms with Crippen LogP contribution >= 0.6 is 0 Å². The van der Waals surface area contributed by atoms with Crippen LogP contribution in [-0.2, 0) is 4.79 Å². The minimum absolute atomic E-state index is 0.0362. The molecule has 21 heavy (non-hydrogen) atoms. The summed E-state index contributed by atoms with van der Waals surface area (Å²) in [6.07, 6.45) is 2.18. The molecular formula is C15H29N3O3. The van der Waals surface area contributed by atoms with Gasteiger partial charge < -0.3 is 20.2 Å². The molecular weight excluding hydrogens is 270 g/mol. The fourth-order valence-electron chi connectivity index (χ4n) is 2.63. The number of piperidine rings is 1. The van der Waals surface area contributed by atoms with Crippen molar-refractivity contribution in [3.8, 4) is 0 Å². The molecule has 0 aromatic heterocycles. The number of hydrogen-bond acceptors (Lipinski definition) is 3. The molecule has 0 saturated carbocycles. The molecule has 1 unspecified atom stereocenters. The molecule has 1 atom stereocenters. The Labute approximate surface area is 127 Å². The summed E-state index contributed by atoms with van der Waals surface area (Å²) in [6, 6.07) is -0.496. The van der Waals surface area contributed by atoms with E-state index in [4.69, 9.17) is 5.11 Å². The Morgan fingerprint density at radius 2 is 1.90 bits per heavy atom. The number of carbonyl (C=O) groups excluding carboxylic acids is 1. The number of aliphatic carboxylic acids is 1. The van der Waals surface area contributed by atoms with E-state index in [1.807, 2.05) is 13.8 Å². The third-order valence-electron chi connectivity index (χ3n) is 4.23. The topological polar surface area (TPSA) is 72.9 Å². The first-order valence-electron chi connectivity index (χ1n) is 7.71. The van der Waals surface area contributed by atoms with Crippen LogP contribution in [0.25, 0.3) is 0 Å². The van der Waals surface area contributed by atoms with Gasteiger partial charge >= 0.3 is 12.0 Å². The molecule has 6 heteroatoms. The third kappa shape index (κ3) is 6.33. The number of carbonyl (C=O) groups is 2. The Kier molecular flexibility index (Phi) is 6.95. The predicted molar refractivity (Wildman–Crippen MR) is 82.3 cm³/mol. The summed E-state index contributed by atoms with van der Waals surface area (Å²) >= 11 is 0. The summed E-state index contributed by atoms with van der Waals surface area (Å²) in [5.74, 6) is -0.248. The number of amides is 2. The van der Waals surface area contributed by atoms with Crippen molar-refractivity contribution >= 4 is 12.0 Å². The quantitative estimate of drug-likeness (QED) is 0.779. The van der Waals surface area contributed by atoms with E-state index < -0.39 is 5.97 Å². The van der Waals surface area contributed by atoms with E-state index >= 15 is 0 Å². The average molecular weight is 299 g/mol. The first kappa shape index (κ1) is 17.8. The molecule has 0 aliphatic carbocycles. The molecule has 1 fully saturated rings. The summed E-state index contributed by atoms with van der Waals surface area (Å²) in [7, 11) is 3.90. The van der Waals surface area contributed by atoms with Gasteiger partial charge in [-0.2, -0.15) is 0 Å². The van der Waals surface area contributed by atoms with Gasteiger partial charge in [0.15, 0.2) is 0 Å². The van der Waals surface area contributed by atoms with Gasteiger partial charge in [0.1, 0.15) is 0 Å². The lowest BCUT2D eigenvalue weighted by molar-refractivity contribution is -0.137. The van der Waals surface area contributed by atoms with Crippen LogP contribution in [0.15, 0.2) is 0 Å². The smallest absolute Gasteiger partial charge is 0.317 e. The lowest BCUT2D eigenvalue weighted by Crippen LogP contribution is -2.48. The summed E-state index contributed by atoms with van der Waals surface area (Å²) in [5.41, 5.74) is 0. The van der Waals surface area contributed by atoms with Gasteiger partial charge in [0, 0.05) is 19.6 Å². The van der Waals surface area contributed by atoms with Crippen LogP contribution in [0.5, 0.6) is 0 Å². The van der Waals surface area contributed by atoms with Crippen LogP contribution in [0.3, 0.4) is 0 Å². The summed E-state index contributed by atoms with van der Waals surface area (Å²) in [5, 5.41) is 11.7. The number of carboxylic acids is 1. The minimum atomic E-state index is -0.882. The van der Waals surface area contributed by atoms with Crippen LogP contribution in [0.1, 0.15) is 33.1 Å². The summed E-state index contributed by atoms with van der Waals surface area (Å²) < 4.78 is 0. The largest absolute Gasteiger partial charge is 0.481 e. The van der Waals surface area contributed by atoms with Gasteiger partial charge in [0.2, 0.25) is 0 Å². The number of nitrogens with zero attached hydrogens (tertiary/aromatic N) is 2. The number of hydrogen-bond donors (Lipinski definition) is 2. The van der Waals surface area contributed by atoms with Crippen molar-refractivity contribution in [2.75, 3.05) is 33.7 Å². The summed E-state index contributed by atoms with van der Waals surface area (Å²) in [6.45, 7) is 6.73. The second-order valence-electron chi connectivity index (χ2n) is 6.53. The van der Waals surface area contributed by atoms with Gasteiger partial charge in [-0.3, -0.25) is 4.79 Å². The van der Waals surface area contributed by atoms with Crippen molar-refractivity contribution in [2.24, 2.45) is 11.8 Å². The van der Waals surface area contributed by atoms with Gasteiger partial charge in [0.05, 0.1) is 6.42 Å². The van der Waals surface area contributed by atoms with Crippen molar-refractivity contribution in [2.45, 2.75) is 39.2 Å². The van der Waals surface area contributed by atoms with Crippen molar-refractivity contribution in [3.63, 3.8) is 0 Å². The molecule has 1 aliphatic rings. The maximum absolute atomic E-state index is 12.2. The van der Waals surface area contributed by atoms with Crippen LogP contribution in [0.4, 0.5) is 4.79 Å².